The molecule has 1 aliphatic heterocycles. The summed E-state index contributed by atoms with van der Waals surface area (Å²) in [7, 11) is 0. The molecule has 10 heteroatoms. The van der Waals surface area contributed by atoms with Crippen molar-refractivity contribution in [2.24, 2.45) is 5.73 Å². The predicted octanol–water partition coefficient (Wildman–Crippen LogP) is 4.26. The van der Waals surface area contributed by atoms with Crippen molar-refractivity contribution >= 4 is 23.2 Å². The number of rotatable bonds is 3. The normalized spacial score (nSPS) is 25.8. The molecule has 2 heterocycles. The van der Waals surface area contributed by atoms with Crippen LogP contribution in [-0.4, -0.2) is 38.8 Å². The van der Waals surface area contributed by atoms with E-state index in [4.69, 9.17) is 28.9 Å². The van der Waals surface area contributed by atoms with Gasteiger partial charge in [-0.05, 0) is 49.4 Å². The number of alkyl halides is 3. The highest BCUT2D eigenvalue weighted by Gasteiger charge is 2.42. The maximum atomic E-state index is 13.0. The van der Waals surface area contributed by atoms with Crippen molar-refractivity contribution in [2.45, 2.75) is 56.4 Å². The van der Waals surface area contributed by atoms with Gasteiger partial charge in [0.1, 0.15) is 5.82 Å². The topological polar surface area (TPSA) is 60.0 Å². The van der Waals surface area contributed by atoms with Gasteiger partial charge in [0.15, 0.2) is 0 Å². The zero-order valence-corrected chi connectivity index (χ0v) is 17.2. The zero-order valence-electron chi connectivity index (χ0n) is 15.7. The Morgan fingerprint density at radius 1 is 1.14 bits per heavy atom. The summed E-state index contributed by atoms with van der Waals surface area (Å²) in [5.41, 5.74) is 6.94. The number of nitrogens with zero attached hydrogens (tertiary/aromatic N) is 4. The Balaban J connectivity index is 1.47. The van der Waals surface area contributed by atoms with Gasteiger partial charge in [-0.2, -0.15) is 13.2 Å². The van der Waals surface area contributed by atoms with Gasteiger partial charge in [0.05, 0.1) is 6.54 Å². The Kier molecular flexibility index (Phi) is 5.57. The highest BCUT2D eigenvalue weighted by Crippen LogP contribution is 2.44. The maximum Gasteiger partial charge on any atom is 0.451 e. The first-order valence-corrected chi connectivity index (χ1v) is 10.4. The summed E-state index contributed by atoms with van der Waals surface area (Å²) in [6, 6.07) is 5.74. The summed E-state index contributed by atoms with van der Waals surface area (Å²) < 4.78 is 40.3. The van der Waals surface area contributed by atoms with Crippen LogP contribution in [0.2, 0.25) is 10.0 Å². The molecule has 4 rings (SSSR count). The highest BCUT2D eigenvalue weighted by atomic mass is 35.5. The van der Waals surface area contributed by atoms with E-state index in [1.165, 1.54) is 4.57 Å². The van der Waals surface area contributed by atoms with Crippen LogP contribution in [0.25, 0.3) is 0 Å². The van der Waals surface area contributed by atoms with Crippen molar-refractivity contribution in [2.75, 3.05) is 13.1 Å². The van der Waals surface area contributed by atoms with Gasteiger partial charge in [0, 0.05) is 41.1 Å². The number of fused-ring (bicyclic) bond motifs is 1. The molecule has 158 valence electrons. The Morgan fingerprint density at radius 2 is 1.86 bits per heavy atom. The molecule has 2 aliphatic rings. The van der Waals surface area contributed by atoms with Crippen LogP contribution in [0.1, 0.15) is 42.9 Å². The van der Waals surface area contributed by atoms with E-state index in [0.717, 1.165) is 31.2 Å². The van der Waals surface area contributed by atoms with Gasteiger partial charge in [-0.25, -0.2) is 0 Å². The van der Waals surface area contributed by atoms with E-state index in [9.17, 15) is 13.2 Å². The highest BCUT2D eigenvalue weighted by molar-refractivity contribution is 6.33. The average molecular weight is 448 g/mol. The molecule has 0 spiro atoms. The van der Waals surface area contributed by atoms with Crippen LogP contribution in [0.15, 0.2) is 18.2 Å². The van der Waals surface area contributed by atoms with Gasteiger partial charge < -0.3 is 10.3 Å². The molecule has 0 unspecified atom stereocenters. The lowest BCUT2D eigenvalue weighted by molar-refractivity contribution is -0.148. The summed E-state index contributed by atoms with van der Waals surface area (Å²) in [4.78, 5) is 2.21. The molecule has 0 bridgehead atoms. The molecule has 0 saturated heterocycles. The van der Waals surface area contributed by atoms with E-state index in [1.54, 1.807) is 12.1 Å². The summed E-state index contributed by atoms with van der Waals surface area (Å²) in [5.74, 6) is -0.536. The monoisotopic (exact) mass is 447 g/mol. The largest absolute Gasteiger partial charge is 0.451 e. The van der Waals surface area contributed by atoms with Crippen molar-refractivity contribution in [1.82, 2.24) is 19.7 Å². The second-order valence-corrected chi connectivity index (χ2v) is 8.74. The van der Waals surface area contributed by atoms with Crippen LogP contribution in [0.5, 0.6) is 0 Å². The van der Waals surface area contributed by atoms with Crippen molar-refractivity contribution in [3.8, 4) is 0 Å². The third-order valence-corrected chi connectivity index (χ3v) is 6.92. The molecule has 1 saturated carbocycles. The fourth-order valence-corrected chi connectivity index (χ4v) is 5.20. The molecule has 2 N–H and O–H groups in total. The van der Waals surface area contributed by atoms with Crippen molar-refractivity contribution in [3.63, 3.8) is 0 Å². The predicted molar refractivity (Wildman–Crippen MR) is 105 cm³/mol. The lowest BCUT2D eigenvalue weighted by Crippen LogP contribution is -2.48. The van der Waals surface area contributed by atoms with Crippen LogP contribution in [0.4, 0.5) is 13.2 Å². The second-order valence-electron chi connectivity index (χ2n) is 7.90. The zero-order chi connectivity index (χ0) is 20.8. The van der Waals surface area contributed by atoms with Crippen molar-refractivity contribution < 1.29 is 13.2 Å². The number of nitrogens with two attached hydrogens (primary N) is 1. The van der Waals surface area contributed by atoms with Crippen LogP contribution in [0.3, 0.4) is 0 Å². The second kappa shape index (κ2) is 7.72. The molecule has 0 radical (unpaired) electrons. The summed E-state index contributed by atoms with van der Waals surface area (Å²) in [6.45, 7) is 1.65. The smallest absolute Gasteiger partial charge is 0.330 e. The summed E-state index contributed by atoms with van der Waals surface area (Å²) in [6.07, 6.45) is -0.994. The molecule has 1 fully saturated rings. The summed E-state index contributed by atoms with van der Waals surface area (Å²) in [5, 5.41) is 8.45. The Bertz CT molecular complexity index is 890. The van der Waals surface area contributed by atoms with Crippen LogP contribution in [-0.2, 0) is 24.7 Å². The number of hydrogen-bond acceptors (Lipinski definition) is 4. The number of aromatic nitrogens is 3. The maximum absolute atomic E-state index is 13.0. The number of benzene rings is 1. The molecule has 0 atom stereocenters. The summed E-state index contributed by atoms with van der Waals surface area (Å²) >= 11 is 12.6. The Morgan fingerprint density at radius 3 is 2.52 bits per heavy atom. The lowest BCUT2D eigenvalue weighted by Gasteiger charge is -2.44. The number of halogens is 5. The Hall–Kier alpha value is -1.35. The first-order chi connectivity index (χ1) is 13.7. The fourth-order valence-electron chi connectivity index (χ4n) is 4.71. The molecular weight excluding hydrogens is 426 g/mol. The quantitative estimate of drug-likeness (QED) is 0.763. The third kappa shape index (κ3) is 3.87. The van der Waals surface area contributed by atoms with Gasteiger partial charge in [0.25, 0.3) is 0 Å². The minimum atomic E-state index is -4.48. The molecule has 1 aromatic carbocycles. The molecule has 2 aromatic rings. The van der Waals surface area contributed by atoms with Crippen LogP contribution < -0.4 is 5.73 Å². The van der Waals surface area contributed by atoms with E-state index in [2.05, 4.69) is 15.1 Å². The first-order valence-electron chi connectivity index (χ1n) is 9.62. The van der Waals surface area contributed by atoms with Gasteiger partial charge in [0.2, 0.25) is 5.82 Å². The van der Waals surface area contributed by atoms with Crippen LogP contribution >= 0.6 is 23.2 Å². The average Bonchev–Trinajstić information content (AvgIpc) is 3.13. The lowest BCUT2D eigenvalue weighted by atomic mass is 9.68. The molecule has 1 aliphatic carbocycles. The van der Waals surface area contributed by atoms with E-state index in [-0.39, 0.29) is 18.0 Å². The van der Waals surface area contributed by atoms with Crippen LogP contribution in [0, 0.1) is 0 Å². The van der Waals surface area contributed by atoms with Gasteiger partial charge in [-0.3, -0.25) is 4.90 Å². The SMILES string of the molecule is NC[C@]1(c2cc(Cl)ccc2Cl)CC[C@H](N2CCn3c(nnc3C(F)(F)F)C2)CC1. The third-order valence-electron chi connectivity index (χ3n) is 6.36. The van der Waals surface area contributed by atoms with E-state index in [1.807, 2.05) is 6.07 Å². The minimum Gasteiger partial charge on any atom is -0.330 e. The van der Waals surface area contributed by atoms with Gasteiger partial charge >= 0.3 is 6.18 Å². The molecule has 29 heavy (non-hydrogen) atoms. The van der Waals surface area contributed by atoms with Gasteiger partial charge in [-0.15, -0.1) is 10.2 Å². The van der Waals surface area contributed by atoms with Crippen molar-refractivity contribution in [3.05, 3.63) is 45.5 Å². The molecule has 0 amide bonds. The van der Waals surface area contributed by atoms with E-state index >= 15 is 0 Å². The first kappa shape index (κ1) is 20.9. The number of hydrogen-bond donors (Lipinski definition) is 1. The molecule has 1 aromatic heterocycles. The Labute approximate surface area is 177 Å². The van der Waals surface area contributed by atoms with E-state index < -0.39 is 12.0 Å². The van der Waals surface area contributed by atoms with Crippen molar-refractivity contribution in [1.29, 1.82) is 0 Å². The fraction of sp³-hybridized carbons (Fsp3) is 0.579. The van der Waals surface area contributed by atoms with Gasteiger partial charge in [-0.1, -0.05) is 23.2 Å². The standard InChI is InChI=1S/C19H22Cl2F3N5/c20-12-1-2-15(21)14(9-12)18(11-25)5-3-13(4-6-18)28-7-8-29-16(10-28)26-27-17(29)19(22,23)24/h1-2,9,13H,3-8,10-11,25H2/t13-,18-. The molecular formula is C19H22Cl2F3N5. The van der Waals surface area contributed by atoms with E-state index in [0.29, 0.717) is 35.5 Å². The minimum absolute atomic E-state index is 0.224. The molecule has 5 nitrogen and oxygen atoms in total.